The summed E-state index contributed by atoms with van der Waals surface area (Å²) in [4.78, 5) is 11.2. The number of aliphatic hydroxyl groups is 1. The molecule has 0 aliphatic heterocycles. The summed E-state index contributed by atoms with van der Waals surface area (Å²) in [5, 5.41) is 9.88. The van der Waals surface area contributed by atoms with Gasteiger partial charge < -0.3 is 19.3 Å². The fourth-order valence-electron chi connectivity index (χ4n) is 1.22. The Hall–Kier alpha value is -0.650. The number of ether oxygens (including phenoxy) is 3. The van der Waals surface area contributed by atoms with Crippen molar-refractivity contribution >= 4 is 5.97 Å². The number of methoxy groups -OCH3 is 2. The van der Waals surface area contributed by atoms with E-state index in [1.165, 1.54) is 14.2 Å². The van der Waals surface area contributed by atoms with Gasteiger partial charge in [0, 0.05) is 20.6 Å². The number of hydrogen-bond donors (Lipinski definition) is 1. The monoisotopic (exact) mass is 220 g/mol. The van der Waals surface area contributed by atoms with Crippen molar-refractivity contribution in [2.24, 2.45) is 0 Å². The quantitative estimate of drug-likeness (QED) is 0.505. The van der Waals surface area contributed by atoms with E-state index in [4.69, 9.17) is 14.2 Å². The summed E-state index contributed by atoms with van der Waals surface area (Å²) in [7, 11) is 2.96. The number of carbonyl (C=O) groups is 1. The van der Waals surface area contributed by atoms with Crippen molar-refractivity contribution in [2.45, 2.75) is 38.6 Å². The SMILES string of the molecule is CCOC(=O)CC(C)(O)CC(OC)OC. The lowest BCUT2D eigenvalue weighted by atomic mass is 9.98. The average Bonchev–Trinajstić information content (AvgIpc) is 2.13. The zero-order chi connectivity index (χ0) is 11.9. The van der Waals surface area contributed by atoms with E-state index in [0.717, 1.165) is 0 Å². The van der Waals surface area contributed by atoms with Crippen molar-refractivity contribution in [1.82, 2.24) is 0 Å². The first kappa shape index (κ1) is 14.3. The van der Waals surface area contributed by atoms with Gasteiger partial charge >= 0.3 is 5.97 Å². The second kappa shape index (κ2) is 6.76. The fourth-order valence-corrected chi connectivity index (χ4v) is 1.22. The Morgan fingerprint density at radius 1 is 1.40 bits per heavy atom. The summed E-state index contributed by atoms with van der Waals surface area (Å²) < 4.78 is 14.6. The maximum Gasteiger partial charge on any atom is 0.308 e. The van der Waals surface area contributed by atoms with Crippen LogP contribution in [0, 0.1) is 0 Å². The molecule has 0 bridgehead atoms. The molecule has 0 spiro atoms. The normalized spacial score (nSPS) is 15.1. The molecule has 5 heteroatoms. The molecule has 5 nitrogen and oxygen atoms in total. The summed E-state index contributed by atoms with van der Waals surface area (Å²) in [6.07, 6.45) is -0.363. The van der Waals surface area contributed by atoms with Crippen LogP contribution in [0.25, 0.3) is 0 Å². The van der Waals surface area contributed by atoms with Gasteiger partial charge in [-0.1, -0.05) is 0 Å². The Morgan fingerprint density at radius 3 is 2.33 bits per heavy atom. The smallest absolute Gasteiger partial charge is 0.308 e. The van der Waals surface area contributed by atoms with Gasteiger partial charge in [0.05, 0.1) is 18.6 Å². The predicted molar refractivity (Wildman–Crippen MR) is 54.3 cm³/mol. The van der Waals surface area contributed by atoms with Crippen LogP contribution in [0.3, 0.4) is 0 Å². The lowest BCUT2D eigenvalue weighted by Crippen LogP contribution is -2.34. The summed E-state index contributed by atoms with van der Waals surface area (Å²) in [6.45, 7) is 3.58. The highest BCUT2D eigenvalue weighted by molar-refractivity contribution is 5.70. The van der Waals surface area contributed by atoms with Crippen molar-refractivity contribution in [1.29, 1.82) is 0 Å². The Kier molecular flexibility index (Phi) is 6.47. The van der Waals surface area contributed by atoms with Gasteiger partial charge in [-0.2, -0.15) is 0 Å². The van der Waals surface area contributed by atoms with E-state index in [-0.39, 0.29) is 12.8 Å². The lowest BCUT2D eigenvalue weighted by Gasteiger charge is -2.25. The number of carbonyl (C=O) groups excluding carboxylic acids is 1. The minimum absolute atomic E-state index is 0.0654. The Morgan fingerprint density at radius 2 is 1.93 bits per heavy atom. The van der Waals surface area contributed by atoms with Gasteiger partial charge in [-0.25, -0.2) is 0 Å². The maximum atomic E-state index is 11.2. The average molecular weight is 220 g/mol. The first-order valence-corrected chi connectivity index (χ1v) is 4.88. The minimum atomic E-state index is -1.18. The molecule has 0 radical (unpaired) electrons. The fraction of sp³-hybridized carbons (Fsp3) is 0.900. The van der Waals surface area contributed by atoms with Gasteiger partial charge in [-0.15, -0.1) is 0 Å². The van der Waals surface area contributed by atoms with Crippen molar-refractivity contribution in [3.63, 3.8) is 0 Å². The molecule has 15 heavy (non-hydrogen) atoms. The highest BCUT2D eigenvalue weighted by Crippen LogP contribution is 2.19. The summed E-state index contributed by atoms with van der Waals surface area (Å²) in [5.74, 6) is -0.423. The second-order valence-electron chi connectivity index (χ2n) is 3.58. The predicted octanol–water partition coefficient (Wildman–Crippen LogP) is 0.700. The van der Waals surface area contributed by atoms with Gasteiger partial charge in [0.15, 0.2) is 6.29 Å². The summed E-state index contributed by atoms with van der Waals surface area (Å²) >= 11 is 0. The Labute approximate surface area is 90.3 Å². The van der Waals surface area contributed by atoms with Crippen molar-refractivity contribution < 1.29 is 24.1 Å². The lowest BCUT2D eigenvalue weighted by molar-refractivity contribution is -0.159. The van der Waals surface area contributed by atoms with Gasteiger partial charge in [0.1, 0.15) is 0 Å². The molecule has 1 unspecified atom stereocenters. The van der Waals surface area contributed by atoms with E-state index in [1.54, 1.807) is 13.8 Å². The maximum absolute atomic E-state index is 11.2. The van der Waals surface area contributed by atoms with Crippen LogP contribution in [0.5, 0.6) is 0 Å². The molecule has 0 heterocycles. The topological polar surface area (TPSA) is 65.0 Å². The van der Waals surface area contributed by atoms with Gasteiger partial charge in [0.25, 0.3) is 0 Å². The van der Waals surface area contributed by atoms with Gasteiger partial charge in [0.2, 0.25) is 0 Å². The summed E-state index contributed by atoms with van der Waals surface area (Å²) in [6, 6.07) is 0. The largest absolute Gasteiger partial charge is 0.466 e. The van der Waals surface area contributed by atoms with Crippen LogP contribution in [0.2, 0.25) is 0 Å². The highest BCUT2D eigenvalue weighted by Gasteiger charge is 2.29. The van der Waals surface area contributed by atoms with Crippen LogP contribution in [0.15, 0.2) is 0 Å². The van der Waals surface area contributed by atoms with Crippen LogP contribution in [0.4, 0.5) is 0 Å². The standard InChI is InChI=1S/C10H20O5/c1-5-15-8(11)6-10(2,12)7-9(13-3)14-4/h9,12H,5-7H2,1-4H3. The Balaban J connectivity index is 4.10. The van der Waals surface area contributed by atoms with E-state index in [2.05, 4.69) is 0 Å². The molecule has 1 N–H and O–H groups in total. The minimum Gasteiger partial charge on any atom is -0.466 e. The molecule has 0 amide bonds. The molecule has 0 rings (SSSR count). The number of rotatable bonds is 7. The number of hydrogen-bond acceptors (Lipinski definition) is 5. The van der Waals surface area contributed by atoms with Crippen molar-refractivity contribution in [3.05, 3.63) is 0 Å². The molecule has 1 atom stereocenters. The van der Waals surface area contributed by atoms with E-state index < -0.39 is 17.9 Å². The summed E-state index contributed by atoms with van der Waals surface area (Å²) in [5.41, 5.74) is -1.18. The van der Waals surface area contributed by atoms with Gasteiger partial charge in [-0.05, 0) is 13.8 Å². The molecule has 0 aliphatic carbocycles. The van der Waals surface area contributed by atoms with Crippen LogP contribution in [-0.4, -0.2) is 43.8 Å². The molecule has 0 aliphatic rings. The third-order valence-corrected chi connectivity index (χ3v) is 1.96. The molecular formula is C10H20O5. The van der Waals surface area contributed by atoms with Crippen molar-refractivity contribution in [2.75, 3.05) is 20.8 Å². The molecule has 0 aromatic rings. The van der Waals surface area contributed by atoms with E-state index in [1.807, 2.05) is 0 Å². The first-order chi connectivity index (χ1) is 6.95. The van der Waals surface area contributed by atoms with E-state index >= 15 is 0 Å². The van der Waals surface area contributed by atoms with E-state index in [9.17, 15) is 9.90 Å². The zero-order valence-electron chi connectivity index (χ0n) is 9.78. The Bertz CT molecular complexity index is 186. The zero-order valence-corrected chi connectivity index (χ0v) is 9.78. The molecule has 0 aromatic carbocycles. The van der Waals surface area contributed by atoms with E-state index in [0.29, 0.717) is 6.61 Å². The van der Waals surface area contributed by atoms with Gasteiger partial charge in [-0.3, -0.25) is 4.79 Å². The first-order valence-electron chi connectivity index (χ1n) is 4.88. The molecule has 0 saturated carbocycles. The second-order valence-corrected chi connectivity index (χ2v) is 3.58. The van der Waals surface area contributed by atoms with Crippen LogP contribution < -0.4 is 0 Å². The molecule has 0 fully saturated rings. The molecular weight excluding hydrogens is 200 g/mol. The molecule has 90 valence electrons. The van der Waals surface area contributed by atoms with Crippen molar-refractivity contribution in [3.8, 4) is 0 Å². The van der Waals surface area contributed by atoms with Crippen LogP contribution >= 0.6 is 0 Å². The highest BCUT2D eigenvalue weighted by atomic mass is 16.7. The van der Waals surface area contributed by atoms with Crippen LogP contribution in [0.1, 0.15) is 26.7 Å². The third kappa shape index (κ3) is 6.43. The van der Waals surface area contributed by atoms with Crippen LogP contribution in [-0.2, 0) is 19.0 Å². The number of esters is 1. The molecule has 0 saturated heterocycles. The molecule has 0 aromatic heterocycles. The third-order valence-electron chi connectivity index (χ3n) is 1.96.